The molecule has 4 heteroatoms. The van der Waals surface area contributed by atoms with Gasteiger partial charge >= 0.3 is 0 Å². The SMILES string of the molecule is O=C(Cl)c1ccccc1Sc1ccc(Cl)cc1. The smallest absolute Gasteiger partial charge is 0.253 e. The Balaban J connectivity index is 2.30. The summed E-state index contributed by atoms with van der Waals surface area (Å²) in [5.41, 5.74) is 0.522. The van der Waals surface area contributed by atoms with Crippen LogP contribution in [-0.4, -0.2) is 5.24 Å². The van der Waals surface area contributed by atoms with Crippen molar-refractivity contribution in [1.29, 1.82) is 0 Å². The summed E-state index contributed by atoms with van der Waals surface area (Å²) in [6.07, 6.45) is 0. The molecule has 0 fully saturated rings. The fraction of sp³-hybridized carbons (Fsp3) is 0. The Kier molecular flexibility index (Phi) is 4.11. The van der Waals surface area contributed by atoms with Crippen molar-refractivity contribution in [2.24, 2.45) is 0 Å². The highest BCUT2D eigenvalue weighted by Gasteiger charge is 2.09. The number of carbonyl (C=O) groups is 1. The number of benzene rings is 2. The van der Waals surface area contributed by atoms with Crippen LogP contribution in [0.2, 0.25) is 5.02 Å². The van der Waals surface area contributed by atoms with Crippen LogP contribution in [0.25, 0.3) is 0 Å². The lowest BCUT2D eigenvalue weighted by molar-refractivity contribution is 0.107. The van der Waals surface area contributed by atoms with Crippen molar-refractivity contribution in [3.8, 4) is 0 Å². The van der Waals surface area contributed by atoms with Crippen LogP contribution in [0, 0.1) is 0 Å². The molecule has 0 saturated heterocycles. The van der Waals surface area contributed by atoms with Gasteiger partial charge in [0, 0.05) is 20.4 Å². The molecule has 0 aliphatic carbocycles. The molecule has 0 aromatic heterocycles. The number of halogens is 2. The highest BCUT2D eigenvalue weighted by atomic mass is 35.5. The van der Waals surface area contributed by atoms with E-state index >= 15 is 0 Å². The number of hydrogen-bond donors (Lipinski definition) is 0. The Morgan fingerprint density at radius 2 is 1.65 bits per heavy atom. The van der Waals surface area contributed by atoms with Crippen LogP contribution in [-0.2, 0) is 0 Å². The molecule has 0 spiro atoms. The Morgan fingerprint density at radius 3 is 2.29 bits per heavy atom. The van der Waals surface area contributed by atoms with E-state index in [1.807, 2.05) is 36.4 Å². The molecule has 2 aromatic carbocycles. The summed E-state index contributed by atoms with van der Waals surface area (Å²) >= 11 is 12.8. The summed E-state index contributed by atoms with van der Waals surface area (Å²) in [6.45, 7) is 0. The highest BCUT2D eigenvalue weighted by Crippen LogP contribution is 2.31. The predicted molar refractivity (Wildman–Crippen MR) is 72.2 cm³/mol. The van der Waals surface area contributed by atoms with Crippen molar-refractivity contribution in [3.63, 3.8) is 0 Å². The molecule has 17 heavy (non-hydrogen) atoms. The molecule has 0 saturated carbocycles. The molecular formula is C13H8Cl2OS. The van der Waals surface area contributed by atoms with E-state index in [2.05, 4.69) is 0 Å². The summed E-state index contributed by atoms with van der Waals surface area (Å²) in [6, 6.07) is 14.7. The average Bonchev–Trinajstić information content (AvgIpc) is 2.32. The van der Waals surface area contributed by atoms with Crippen molar-refractivity contribution < 1.29 is 4.79 Å². The first-order chi connectivity index (χ1) is 8.16. The maximum absolute atomic E-state index is 11.2. The van der Waals surface area contributed by atoms with Crippen LogP contribution in [0.3, 0.4) is 0 Å². The normalized spacial score (nSPS) is 10.2. The average molecular weight is 283 g/mol. The number of rotatable bonds is 3. The number of hydrogen-bond acceptors (Lipinski definition) is 2. The van der Waals surface area contributed by atoms with Gasteiger partial charge in [0.05, 0.1) is 0 Å². The van der Waals surface area contributed by atoms with Gasteiger partial charge in [-0.05, 0) is 48.0 Å². The second-order valence-electron chi connectivity index (χ2n) is 3.33. The zero-order valence-electron chi connectivity index (χ0n) is 8.69. The molecule has 0 atom stereocenters. The molecule has 0 bridgehead atoms. The van der Waals surface area contributed by atoms with Gasteiger partial charge in [0.15, 0.2) is 0 Å². The van der Waals surface area contributed by atoms with Gasteiger partial charge in [-0.15, -0.1) is 0 Å². The first-order valence-corrected chi connectivity index (χ1v) is 6.46. The first kappa shape index (κ1) is 12.5. The lowest BCUT2D eigenvalue weighted by atomic mass is 10.2. The van der Waals surface area contributed by atoms with Crippen molar-refractivity contribution in [3.05, 3.63) is 59.1 Å². The van der Waals surface area contributed by atoms with Crippen molar-refractivity contribution in [1.82, 2.24) is 0 Å². The van der Waals surface area contributed by atoms with Gasteiger partial charge < -0.3 is 0 Å². The van der Waals surface area contributed by atoms with Gasteiger partial charge in [-0.25, -0.2) is 0 Å². The lowest BCUT2D eigenvalue weighted by Crippen LogP contribution is -1.91. The van der Waals surface area contributed by atoms with E-state index in [1.165, 1.54) is 11.8 Å². The van der Waals surface area contributed by atoms with Gasteiger partial charge in [0.25, 0.3) is 5.24 Å². The Hall–Kier alpha value is -0.960. The molecular weight excluding hydrogens is 275 g/mol. The summed E-state index contributed by atoms with van der Waals surface area (Å²) in [7, 11) is 0. The van der Waals surface area contributed by atoms with Crippen LogP contribution in [0.1, 0.15) is 10.4 Å². The maximum Gasteiger partial charge on any atom is 0.253 e. The standard InChI is InChI=1S/C13H8Cl2OS/c14-9-5-7-10(8-6-9)17-12-4-2-1-3-11(12)13(15)16/h1-8H. The van der Waals surface area contributed by atoms with Crippen LogP contribution < -0.4 is 0 Å². The summed E-state index contributed by atoms with van der Waals surface area (Å²) in [4.78, 5) is 13.1. The molecule has 0 unspecified atom stereocenters. The molecule has 2 rings (SSSR count). The van der Waals surface area contributed by atoms with Crippen LogP contribution in [0.5, 0.6) is 0 Å². The van der Waals surface area contributed by atoms with Gasteiger partial charge in [0.1, 0.15) is 0 Å². The number of carbonyl (C=O) groups excluding carboxylic acids is 1. The third-order valence-electron chi connectivity index (χ3n) is 2.14. The Morgan fingerprint density at radius 1 is 1.00 bits per heavy atom. The quantitative estimate of drug-likeness (QED) is 0.747. The van der Waals surface area contributed by atoms with E-state index in [0.717, 1.165) is 9.79 Å². The zero-order chi connectivity index (χ0) is 12.3. The second-order valence-corrected chi connectivity index (χ2v) is 5.22. The summed E-state index contributed by atoms with van der Waals surface area (Å²) in [5.74, 6) is 0. The van der Waals surface area contributed by atoms with E-state index in [9.17, 15) is 4.79 Å². The summed E-state index contributed by atoms with van der Waals surface area (Å²) < 4.78 is 0. The van der Waals surface area contributed by atoms with Crippen molar-refractivity contribution in [2.75, 3.05) is 0 Å². The third-order valence-corrected chi connectivity index (χ3v) is 3.68. The molecule has 0 heterocycles. The Labute approximate surface area is 114 Å². The van der Waals surface area contributed by atoms with E-state index in [1.54, 1.807) is 12.1 Å². The third kappa shape index (κ3) is 3.25. The summed E-state index contributed by atoms with van der Waals surface area (Å²) in [5, 5.41) is 0.248. The van der Waals surface area contributed by atoms with E-state index < -0.39 is 5.24 Å². The molecule has 0 N–H and O–H groups in total. The van der Waals surface area contributed by atoms with Crippen molar-refractivity contribution >= 4 is 40.2 Å². The molecule has 1 nitrogen and oxygen atoms in total. The van der Waals surface area contributed by atoms with Gasteiger partial charge in [-0.2, -0.15) is 0 Å². The van der Waals surface area contributed by atoms with E-state index in [0.29, 0.717) is 10.6 Å². The monoisotopic (exact) mass is 282 g/mol. The van der Waals surface area contributed by atoms with Gasteiger partial charge in [-0.3, -0.25) is 4.79 Å². The fourth-order valence-corrected chi connectivity index (χ4v) is 2.64. The molecule has 0 aliphatic heterocycles. The van der Waals surface area contributed by atoms with Crippen LogP contribution >= 0.6 is 35.0 Å². The minimum absolute atomic E-state index is 0.443. The van der Waals surface area contributed by atoms with Gasteiger partial charge in [-0.1, -0.05) is 35.5 Å². The Bertz CT molecular complexity index is 537. The molecule has 86 valence electrons. The minimum atomic E-state index is -0.443. The topological polar surface area (TPSA) is 17.1 Å². The minimum Gasteiger partial charge on any atom is -0.276 e. The predicted octanol–water partition coefficient (Wildman–Crippen LogP) is 4.87. The van der Waals surface area contributed by atoms with E-state index in [-0.39, 0.29) is 0 Å². The molecule has 0 aliphatic rings. The maximum atomic E-state index is 11.2. The molecule has 2 aromatic rings. The molecule has 0 amide bonds. The van der Waals surface area contributed by atoms with E-state index in [4.69, 9.17) is 23.2 Å². The van der Waals surface area contributed by atoms with Crippen molar-refractivity contribution in [2.45, 2.75) is 9.79 Å². The second kappa shape index (κ2) is 5.58. The first-order valence-electron chi connectivity index (χ1n) is 4.89. The molecule has 0 radical (unpaired) electrons. The fourth-order valence-electron chi connectivity index (χ4n) is 1.35. The van der Waals surface area contributed by atoms with Crippen LogP contribution in [0.15, 0.2) is 58.3 Å². The highest BCUT2D eigenvalue weighted by molar-refractivity contribution is 7.99. The van der Waals surface area contributed by atoms with Crippen LogP contribution in [0.4, 0.5) is 0 Å². The lowest BCUT2D eigenvalue weighted by Gasteiger charge is -2.05. The zero-order valence-corrected chi connectivity index (χ0v) is 11.0. The largest absolute Gasteiger partial charge is 0.276 e. The van der Waals surface area contributed by atoms with Gasteiger partial charge in [0.2, 0.25) is 0 Å².